The van der Waals surface area contributed by atoms with E-state index in [0.29, 0.717) is 11.9 Å². The van der Waals surface area contributed by atoms with Crippen LogP contribution < -0.4 is 0 Å². The summed E-state index contributed by atoms with van der Waals surface area (Å²) in [7, 11) is 0. The maximum Gasteiger partial charge on any atom is 0.227 e. The number of hydrogen-bond donors (Lipinski definition) is 0. The Morgan fingerprint density at radius 3 is 2.79 bits per heavy atom. The van der Waals surface area contributed by atoms with Crippen molar-refractivity contribution < 1.29 is 4.79 Å². The summed E-state index contributed by atoms with van der Waals surface area (Å²) < 4.78 is 2.08. The van der Waals surface area contributed by atoms with Gasteiger partial charge in [-0.1, -0.05) is 30.3 Å². The first-order valence-electron chi connectivity index (χ1n) is 10.2. The van der Waals surface area contributed by atoms with Crippen LogP contribution in [0.25, 0.3) is 5.65 Å². The van der Waals surface area contributed by atoms with Crippen molar-refractivity contribution in [2.45, 2.75) is 38.9 Å². The Bertz CT molecular complexity index is 996. The van der Waals surface area contributed by atoms with Crippen molar-refractivity contribution in [3.8, 4) is 0 Å². The predicted octanol–water partition coefficient (Wildman–Crippen LogP) is 3.27. The van der Waals surface area contributed by atoms with E-state index in [4.69, 9.17) is 4.98 Å². The molecule has 1 aromatic carbocycles. The van der Waals surface area contributed by atoms with Crippen molar-refractivity contribution in [2.24, 2.45) is 5.92 Å². The average molecular weight is 374 g/mol. The minimum Gasteiger partial charge on any atom is -0.334 e. The third-order valence-corrected chi connectivity index (χ3v) is 6.12. The lowest BCUT2D eigenvalue weighted by molar-refractivity contribution is -0.140. The highest BCUT2D eigenvalue weighted by Crippen LogP contribution is 2.31. The third kappa shape index (κ3) is 3.31. The molecule has 6 rings (SSSR count). The number of aryl methyl sites for hydroxylation is 1. The number of carbonyl (C=O) groups is 1. The normalized spacial score (nSPS) is 22.8. The van der Waals surface area contributed by atoms with Crippen molar-refractivity contribution in [2.75, 3.05) is 13.1 Å². The summed E-state index contributed by atoms with van der Waals surface area (Å²) in [6.07, 6.45) is 6.29. The largest absolute Gasteiger partial charge is 0.334 e. The zero-order chi connectivity index (χ0) is 19.1. The molecule has 0 spiro atoms. The van der Waals surface area contributed by atoms with Gasteiger partial charge in [0.25, 0.3) is 0 Å². The fourth-order valence-corrected chi connectivity index (χ4v) is 4.69. The number of pyridine rings is 1. The summed E-state index contributed by atoms with van der Waals surface area (Å²) in [4.78, 5) is 22.4. The molecule has 3 aliphatic heterocycles. The molecular formula is C23H26N4O. The maximum absolute atomic E-state index is 13.1. The molecule has 0 saturated carbocycles. The van der Waals surface area contributed by atoms with E-state index in [0.717, 1.165) is 50.4 Å². The molecule has 2 bridgehead atoms. The number of nitrogens with zero attached hydrogens (tertiary/aromatic N) is 4. The summed E-state index contributed by atoms with van der Waals surface area (Å²) in [5.74, 6) is 0.440. The highest BCUT2D eigenvalue weighted by molar-refractivity contribution is 5.80. The number of carbonyl (C=O) groups excluding carboxylic acids is 1. The number of fused-ring (bicyclic) bond motifs is 5. The van der Waals surface area contributed by atoms with Gasteiger partial charge >= 0.3 is 0 Å². The molecule has 5 nitrogen and oxygen atoms in total. The third-order valence-electron chi connectivity index (χ3n) is 6.12. The van der Waals surface area contributed by atoms with Crippen molar-refractivity contribution >= 4 is 11.6 Å². The molecule has 0 N–H and O–H groups in total. The lowest BCUT2D eigenvalue weighted by atomic mass is 9.93. The number of rotatable bonds is 4. The van der Waals surface area contributed by atoms with Crippen LogP contribution in [0.5, 0.6) is 0 Å². The minimum absolute atomic E-state index is 0.113. The van der Waals surface area contributed by atoms with Crippen LogP contribution in [0.15, 0.2) is 54.9 Å². The van der Waals surface area contributed by atoms with Crippen LogP contribution in [-0.4, -0.2) is 44.2 Å². The molecule has 2 aromatic heterocycles. The number of amides is 1. The molecule has 3 aliphatic rings. The fraction of sp³-hybridized carbons (Fsp3) is 0.391. The van der Waals surface area contributed by atoms with Crippen LogP contribution in [0.2, 0.25) is 0 Å². The molecular weight excluding hydrogens is 348 g/mol. The first-order chi connectivity index (χ1) is 13.7. The van der Waals surface area contributed by atoms with Crippen LogP contribution in [0, 0.1) is 12.8 Å². The van der Waals surface area contributed by atoms with E-state index in [1.54, 1.807) is 0 Å². The molecule has 0 aliphatic carbocycles. The lowest BCUT2D eigenvalue weighted by Gasteiger charge is -2.36. The molecule has 5 heteroatoms. The van der Waals surface area contributed by atoms with Gasteiger partial charge in [0.1, 0.15) is 5.65 Å². The summed E-state index contributed by atoms with van der Waals surface area (Å²) in [5, 5.41) is 0. The van der Waals surface area contributed by atoms with Gasteiger partial charge in [-0.25, -0.2) is 4.98 Å². The van der Waals surface area contributed by atoms with Gasteiger partial charge in [0.05, 0.1) is 11.6 Å². The Morgan fingerprint density at radius 2 is 1.93 bits per heavy atom. The molecule has 28 heavy (non-hydrogen) atoms. The summed E-state index contributed by atoms with van der Waals surface area (Å²) in [6.45, 7) is 5.39. The van der Waals surface area contributed by atoms with Crippen molar-refractivity contribution in [1.82, 2.24) is 19.2 Å². The number of benzene rings is 1. The van der Waals surface area contributed by atoms with E-state index in [-0.39, 0.29) is 5.92 Å². The zero-order valence-corrected chi connectivity index (χ0v) is 16.3. The zero-order valence-electron chi connectivity index (χ0n) is 16.3. The lowest BCUT2D eigenvalue weighted by Crippen LogP contribution is -2.47. The van der Waals surface area contributed by atoms with Crippen molar-refractivity contribution in [1.29, 1.82) is 0 Å². The summed E-state index contributed by atoms with van der Waals surface area (Å²) in [5.41, 5.74) is 4.51. The number of piperidine rings is 1. The van der Waals surface area contributed by atoms with Crippen molar-refractivity contribution in [3.05, 3.63) is 71.7 Å². The SMILES string of the molecule is Cc1ccn2cc(CN3CC4CCC(C3)N(Cc3ccccc3)C4=O)nc2c1. The van der Waals surface area contributed by atoms with Gasteiger partial charge in [0.2, 0.25) is 5.91 Å². The minimum atomic E-state index is 0.113. The van der Waals surface area contributed by atoms with Gasteiger partial charge in [-0.2, -0.15) is 0 Å². The van der Waals surface area contributed by atoms with E-state index >= 15 is 0 Å². The monoisotopic (exact) mass is 374 g/mol. The summed E-state index contributed by atoms with van der Waals surface area (Å²) >= 11 is 0. The second-order valence-corrected chi connectivity index (χ2v) is 8.28. The van der Waals surface area contributed by atoms with Crippen LogP contribution in [0.1, 0.15) is 29.7 Å². The molecule has 3 fully saturated rings. The first kappa shape index (κ1) is 17.4. The molecule has 3 aromatic rings. The fourth-order valence-electron chi connectivity index (χ4n) is 4.69. The molecule has 0 radical (unpaired) electrons. The predicted molar refractivity (Wildman–Crippen MR) is 109 cm³/mol. The summed E-state index contributed by atoms with van der Waals surface area (Å²) in [6, 6.07) is 14.9. The van der Waals surface area contributed by atoms with Gasteiger partial charge in [-0.15, -0.1) is 0 Å². The van der Waals surface area contributed by atoms with Gasteiger partial charge in [0.15, 0.2) is 0 Å². The highest BCUT2D eigenvalue weighted by atomic mass is 16.2. The topological polar surface area (TPSA) is 40.9 Å². The highest BCUT2D eigenvalue weighted by Gasteiger charge is 2.40. The van der Waals surface area contributed by atoms with Gasteiger partial charge in [0, 0.05) is 44.6 Å². The Kier molecular flexibility index (Phi) is 4.40. The number of hydrogen-bond acceptors (Lipinski definition) is 3. The van der Waals surface area contributed by atoms with Gasteiger partial charge < -0.3 is 9.30 Å². The Labute approximate surface area is 165 Å². The number of imidazole rings is 1. The number of aromatic nitrogens is 2. The van der Waals surface area contributed by atoms with Gasteiger partial charge in [-0.3, -0.25) is 9.69 Å². The van der Waals surface area contributed by atoms with Gasteiger partial charge in [-0.05, 0) is 43.0 Å². The van der Waals surface area contributed by atoms with Crippen LogP contribution >= 0.6 is 0 Å². The smallest absolute Gasteiger partial charge is 0.227 e. The van der Waals surface area contributed by atoms with E-state index < -0.39 is 0 Å². The molecule has 144 valence electrons. The van der Waals surface area contributed by atoms with Crippen molar-refractivity contribution in [3.63, 3.8) is 0 Å². The molecule has 3 saturated heterocycles. The second-order valence-electron chi connectivity index (χ2n) is 8.28. The van der Waals surface area contributed by atoms with E-state index in [1.807, 2.05) is 18.2 Å². The van der Waals surface area contributed by atoms with Crippen LogP contribution in [-0.2, 0) is 17.9 Å². The standard InChI is InChI=1S/C23H26N4O/c1-17-9-10-26-15-20(24-22(26)11-17)14-25-13-19-7-8-21(16-25)27(23(19)28)12-18-5-3-2-4-6-18/h2-6,9-11,15,19,21H,7-8,12-14,16H2,1H3. The first-order valence-corrected chi connectivity index (χ1v) is 10.2. The molecule has 5 heterocycles. The van der Waals surface area contributed by atoms with E-state index in [2.05, 4.69) is 57.8 Å². The van der Waals surface area contributed by atoms with E-state index in [9.17, 15) is 4.79 Å². The van der Waals surface area contributed by atoms with Crippen LogP contribution in [0.3, 0.4) is 0 Å². The van der Waals surface area contributed by atoms with E-state index in [1.165, 1.54) is 11.1 Å². The Hall–Kier alpha value is -2.66. The maximum atomic E-state index is 13.1. The quantitative estimate of drug-likeness (QED) is 0.704. The molecule has 2 atom stereocenters. The molecule has 1 amide bonds. The average Bonchev–Trinajstić information content (AvgIpc) is 2.90. The Balaban J connectivity index is 1.34. The van der Waals surface area contributed by atoms with Crippen LogP contribution in [0.4, 0.5) is 0 Å². The second kappa shape index (κ2) is 7.06. The molecule has 2 unspecified atom stereocenters. The Morgan fingerprint density at radius 1 is 1.07 bits per heavy atom.